The maximum atomic E-state index is 6.28. The molecule has 0 amide bonds. The quantitative estimate of drug-likeness (QED) is 0.447. The molecule has 2 atom stereocenters. The van der Waals surface area contributed by atoms with Crippen LogP contribution in [0, 0.1) is 0 Å². The maximum absolute atomic E-state index is 6.28. The van der Waals surface area contributed by atoms with Gasteiger partial charge in [0.15, 0.2) is 11.4 Å². The number of aromatic nitrogens is 3. The van der Waals surface area contributed by atoms with Crippen LogP contribution in [0.5, 0.6) is 5.88 Å². The Labute approximate surface area is 197 Å². The van der Waals surface area contributed by atoms with Crippen molar-refractivity contribution in [2.24, 2.45) is 0 Å². The Morgan fingerprint density at radius 1 is 1.21 bits per heavy atom. The molecule has 9 heteroatoms. The van der Waals surface area contributed by atoms with E-state index in [9.17, 15) is 0 Å². The Morgan fingerprint density at radius 3 is 3.06 bits per heavy atom. The molecule has 178 valence electrons. The average Bonchev–Trinajstić information content (AvgIpc) is 3.61. The molecular formula is C25H29N5O4. The lowest BCUT2D eigenvalue weighted by molar-refractivity contribution is -0.000968. The highest BCUT2D eigenvalue weighted by Crippen LogP contribution is 2.37. The molecule has 34 heavy (non-hydrogen) atoms. The lowest BCUT2D eigenvalue weighted by Gasteiger charge is -2.26. The Balaban J connectivity index is 1.31. The second-order valence-electron chi connectivity index (χ2n) is 8.84. The standard InChI is InChI=1S/C25H29N5O4/c1-31-15-17-4-3-10-29(17)20-5-2-6-22-19(20)12-23(34-22)21-14-27-24-7-8-25(28-30(21)24)33-16-18-13-26-9-11-32-18/h2,5-8,12,14,17-18,26H,3-4,9-11,13,15-16H2,1H3/t17-,18-/m1/s1. The number of nitrogens with one attached hydrogen (secondary N) is 1. The van der Waals surface area contributed by atoms with Crippen LogP contribution < -0.4 is 15.0 Å². The minimum Gasteiger partial charge on any atom is -0.474 e. The largest absolute Gasteiger partial charge is 0.474 e. The molecule has 2 fully saturated rings. The fourth-order valence-electron chi connectivity index (χ4n) is 4.95. The van der Waals surface area contributed by atoms with Gasteiger partial charge in [0.05, 0.1) is 25.5 Å². The summed E-state index contributed by atoms with van der Waals surface area (Å²) in [6.07, 6.45) is 4.12. The third-order valence-corrected chi connectivity index (χ3v) is 6.60. The van der Waals surface area contributed by atoms with Crippen molar-refractivity contribution >= 4 is 22.3 Å². The van der Waals surface area contributed by atoms with E-state index in [1.54, 1.807) is 17.8 Å². The number of nitrogens with zero attached hydrogens (tertiary/aromatic N) is 4. The fourth-order valence-corrected chi connectivity index (χ4v) is 4.95. The van der Waals surface area contributed by atoms with Gasteiger partial charge in [0.2, 0.25) is 5.88 Å². The molecular weight excluding hydrogens is 434 g/mol. The number of furan rings is 1. The molecule has 2 saturated heterocycles. The predicted octanol–water partition coefficient (Wildman–Crippen LogP) is 3.12. The number of morpholine rings is 1. The van der Waals surface area contributed by atoms with E-state index in [1.165, 1.54) is 5.69 Å². The van der Waals surface area contributed by atoms with E-state index in [1.807, 2.05) is 24.3 Å². The molecule has 0 aliphatic carbocycles. The molecule has 2 aliphatic heterocycles. The Hall–Kier alpha value is -3.14. The molecule has 9 nitrogen and oxygen atoms in total. The van der Waals surface area contributed by atoms with Crippen molar-refractivity contribution in [3.63, 3.8) is 0 Å². The zero-order valence-corrected chi connectivity index (χ0v) is 19.3. The topological polar surface area (TPSA) is 86.3 Å². The Morgan fingerprint density at radius 2 is 2.18 bits per heavy atom. The first-order valence-electron chi connectivity index (χ1n) is 11.9. The minimum absolute atomic E-state index is 0.0230. The van der Waals surface area contributed by atoms with Crippen molar-refractivity contribution in [1.29, 1.82) is 0 Å². The SMILES string of the molecule is COC[C@H]1CCCN1c1cccc2oc(-c3cnc4ccc(OC[C@H]5CNCCO5)nn34)cc12. The van der Waals surface area contributed by atoms with Crippen LogP contribution in [0.2, 0.25) is 0 Å². The van der Waals surface area contributed by atoms with Crippen molar-refractivity contribution in [1.82, 2.24) is 19.9 Å². The zero-order chi connectivity index (χ0) is 22.9. The molecule has 5 heterocycles. The van der Waals surface area contributed by atoms with Crippen LogP contribution in [0.15, 0.2) is 47.0 Å². The number of benzene rings is 1. The average molecular weight is 464 g/mol. The van der Waals surface area contributed by atoms with Gasteiger partial charge >= 0.3 is 0 Å². The van der Waals surface area contributed by atoms with Gasteiger partial charge in [-0.2, -0.15) is 0 Å². The fraction of sp³-hybridized carbons (Fsp3) is 0.440. The molecule has 0 radical (unpaired) electrons. The number of hydrogen-bond acceptors (Lipinski definition) is 8. The Kier molecular flexibility index (Phi) is 5.82. The summed E-state index contributed by atoms with van der Waals surface area (Å²) in [4.78, 5) is 6.95. The normalized spacial score (nSPS) is 21.0. The van der Waals surface area contributed by atoms with E-state index >= 15 is 0 Å². The lowest BCUT2D eigenvalue weighted by atomic mass is 10.1. The van der Waals surface area contributed by atoms with Crippen LogP contribution in [0.25, 0.3) is 28.1 Å². The monoisotopic (exact) mass is 463 g/mol. The second-order valence-corrected chi connectivity index (χ2v) is 8.84. The van der Waals surface area contributed by atoms with Crippen molar-refractivity contribution in [3.05, 3.63) is 42.6 Å². The number of ether oxygens (including phenoxy) is 3. The molecule has 0 saturated carbocycles. The highest BCUT2D eigenvalue weighted by atomic mass is 16.5. The number of imidazole rings is 1. The highest BCUT2D eigenvalue weighted by Gasteiger charge is 2.27. The predicted molar refractivity (Wildman–Crippen MR) is 129 cm³/mol. The summed E-state index contributed by atoms with van der Waals surface area (Å²) in [6.45, 7) is 4.55. The van der Waals surface area contributed by atoms with Crippen LogP contribution >= 0.6 is 0 Å². The number of rotatable bonds is 7. The van der Waals surface area contributed by atoms with E-state index < -0.39 is 0 Å². The van der Waals surface area contributed by atoms with E-state index in [-0.39, 0.29) is 6.10 Å². The smallest absolute Gasteiger partial charge is 0.231 e. The van der Waals surface area contributed by atoms with E-state index in [4.69, 9.17) is 18.6 Å². The van der Waals surface area contributed by atoms with Crippen molar-refractivity contribution in [3.8, 4) is 17.3 Å². The third kappa shape index (κ3) is 4.00. The van der Waals surface area contributed by atoms with E-state index in [0.717, 1.165) is 67.2 Å². The van der Waals surface area contributed by atoms with Gasteiger partial charge in [0, 0.05) is 43.9 Å². The maximum Gasteiger partial charge on any atom is 0.231 e. The molecule has 6 rings (SSSR count). The number of methoxy groups -OCH3 is 1. The number of fused-ring (bicyclic) bond motifs is 2. The van der Waals surface area contributed by atoms with Crippen molar-refractivity contribution < 1.29 is 18.6 Å². The Bertz CT molecular complexity index is 1280. The summed E-state index contributed by atoms with van der Waals surface area (Å²) >= 11 is 0. The molecule has 2 aliphatic rings. The number of anilines is 1. The van der Waals surface area contributed by atoms with Crippen LogP contribution in [0.1, 0.15) is 12.8 Å². The van der Waals surface area contributed by atoms with Crippen molar-refractivity contribution in [2.75, 3.05) is 51.5 Å². The van der Waals surface area contributed by atoms with Gasteiger partial charge in [-0.1, -0.05) is 6.07 Å². The summed E-state index contributed by atoms with van der Waals surface area (Å²) in [5.74, 6) is 1.25. The van der Waals surface area contributed by atoms with Crippen LogP contribution in [-0.4, -0.2) is 73.3 Å². The van der Waals surface area contributed by atoms with Crippen molar-refractivity contribution in [2.45, 2.75) is 25.0 Å². The first kappa shape index (κ1) is 21.4. The lowest BCUT2D eigenvalue weighted by Crippen LogP contribution is -2.41. The van der Waals surface area contributed by atoms with Crippen LogP contribution in [0.4, 0.5) is 5.69 Å². The summed E-state index contributed by atoms with van der Waals surface area (Å²) in [5, 5.41) is 9.07. The van der Waals surface area contributed by atoms with Crippen LogP contribution in [-0.2, 0) is 9.47 Å². The van der Waals surface area contributed by atoms with E-state index in [0.29, 0.717) is 25.1 Å². The van der Waals surface area contributed by atoms with Gasteiger partial charge in [-0.25, -0.2) is 9.50 Å². The third-order valence-electron chi connectivity index (χ3n) is 6.60. The highest BCUT2D eigenvalue weighted by molar-refractivity contribution is 5.94. The first-order valence-corrected chi connectivity index (χ1v) is 11.9. The summed E-state index contributed by atoms with van der Waals surface area (Å²) in [7, 11) is 1.77. The summed E-state index contributed by atoms with van der Waals surface area (Å²) < 4.78 is 25.2. The van der Waals surface area contributed by atoms with Gasteiger partial charge in [0.25, 0.3) is 0 Å². The first-order chi connectivity index (χ1) is 16.8. The minimum atomic E-state index is 0.0230. The van der Waals surface area contributed by atoms with Gasteiger partial charge in [-0.3, -0.25) is 0 Å². The molecule has 0 unspecified atom stereocenters. The zero-order valence-electron chi connectivity index (χ0n) is 19.3. The van der Waals surface area contributed by atoms with E-state index in [2.05, 4.69) is 32.4 Å². The molecule has 4 aromatic rings. The van der Waals surface area contributed by atoms with Gasteiger partial charge in [-0.15, -0.1) is 5.10 Å². The van der Waals surface area contributed by atoms with Gasteiger partial charge < -0.3 is 28.8 Å². The second kappa shape index (κ2) is 9.25. The number of hydrogen-bond donors (Lipinski definition) is 1. The molecule has 1 aromatic carbocycles. The summed E-state index contributed by atoms with van der Waals surface area (Å²) in [5.41, 5.74) is 3.55. The summed E-state index contributed by atoms with van der Waals surface area (Å²) in [6, 6.07) is 12.4. The molecule has 0 bridgehead atoms. The van der Waals surface area contributed by atoms with Gasteiger partial charge in [-0.05, 0) is 37.1 Å². The molecule has 0 spiro atoms. The van der Waals surface area contributed by atoms with Crippen LogP contribution in [0.3, 0.4) is 0 Å². The molecule has 1 N–H and O–H groups in total. The van der Waals surface area contributed by atoms with Gasteiger partial charge in [0.1, 0.15) is 24.0 Å². The molecule has 3 aromatic heterocycles.